The third-order valence-electron chi connectivity index (χ3n) is 3.70. The first-order valence-corrected chi connectivity index (χ1v) is 7.67. The smallest absolute Gasteiger partial charge is 0.119 e. The van der Waals surface area contributed by atoms with Gasteiger partial charge in [0.25, 0.3) is 0 Å². The summed E-state index contributed by atoms with van der Waals surface area (Å²) in [5.41, 5.74) is 3.93. The van der Waals surface area contributed by atoms with Crippen molar-refractivity contribution in [2.45, 2.75) is 26.8 Å². The van der Waals surface area contributed by atoms with Gasteiger partial charge in [-0.05, 0) is 61.3 Å². The van der Waals surface area contributed by atoms with Gasteiger partial charge in [0.15, 0.2) is 0 Å². The van der Waals surface area contributed by atoms with E-state index in [2.05, 4.69) is 44.3 Å². The van der Waals surface area contributed by atoms with E-state index in [1.165, 1.54) is 16.7 Å². The van der Waals surface area contributed by atoms with Crippen LogP contribution in [0.1, 0.15) is 29.7 Å². The first-order valence-electron chi connectivity index (χ1n) is 7.29. The topological polar surface area (TPSA) is 21.3 Å². The minimum atomic E-state index is 0.186. The van der Waals surface area contributed by atoms with Gasteiger partial charge in [-0.25, -0.2) is 0 Å². The number of nitrogens with one attached hydrogen (secondary N) is 1. The molecule has 2 rings (SSSR count). The lowest BCUT2D eigenvalue weighted by Crippen LogP contribution is -2.27. The van der Waals surface area contributed by atoms with E-state index in [1.807, 2.05) is 24.3 Å². The van der Waals surface area contributed by atoms with Crippen LogP contribution in [-0.2, 0) is 0 Å². The summed E-state index contributed by atoms with van der Waals surface area (Å²) in [7, 11) is 0. The summed E-state index contributed by atoms with van der Waals surface area (Å²) in [4.78, 5) is 0. The number of aryl methyl sites for hydroxylation is 1. The fourth-order valence-electron chi connectivity index (χ4n) is 2.37. The fraction of sp³-hybridized carbons (Fsp3) is 0.333. The molecule has 112 valence electrons. The molecular weight excluding hydrogens is 282 g/mol. The van der Waals surface area contributed by atoms with Crippen molar-refractivity contribution in [3.05, 3.63) is 64.2 Å². The lowest BCUT2D eigenvalue weighted by molar-refractivity contribution is 0.267. The molecule has 2 nitrogen and oxygen atoms in total. The first kappa shape index (κ1) is 15.9. The van der Waals surface area contributed by atoms with Crippen LogP contribution in [-0.4, -0.2) is 13.2 Å². The molecule has 0 amide bonds. The Kier molecular flexibility index (Phi) is 5.66. The molecule has 3 heteroatoms. The maximum Gasteiger partial charge on any atom is 0.119 e. The third kappa shape index (κ3) is 4.23. The first-order chi connectivity index (χ1) is 10.1. The van der Waals surface area contributed by atoms with Gasteiger partial charge in [0.05, 0.1) is 6.04 Å². The zero-order chi connectivity index (χ0) is 15.2. The van der Waals surface area contributed by atoms with Crippen molar-refractivity contribution in [2.24, 2.45) is 0 Å². The number of hydrogen-bond donors (Lipinski definition) is 1. The summed E-state index contributed by atoms with van der Waals surface area (Å²) in [5, 5.41) is 4.22. The summed E-state index contributed by atoms with van der Waals surface area (Å²) < 4.78 is 5.90. The van der Waals surface area contributed by atoms with Crippen LogP contribution in [0.3, 0.4) is 0 Å². The van der Waals surface area contributed by atoms with Crippen LogP contribution in [0.5, 0.6) is 5.75 Å². The predicted molar refractivity (Wildman–Crippen MR) is 89.3 cm³/mol. The van der Waals surface area contributed by atoms with Gasteiger partial charge >= 0.3 is 0 Å². The maximum absolute atomic E-state index is 5.90. The summed E-state index contributed by atoms with van der Waals surface area (Å²) in [5.74, 6) is 0.840. The Balaban J connectivity index is 2.12. The van der Waals surface area contributed by atoms with Crippen molar-refractivity contribution in [1.82, 2.24) is 5.32 Å². The molecule has 0 aliphatic heterocycles. The van der Waals surface area contributed by atoms with Gasteiger partial charge in [0.2, 0.25) is 0 Å². The van der Waals surface area contributed by atoms with Crippen LogP contribution in [0.25, 0.3) is 0 Å². The van der Waals surface area contributed by atoms with Crippen LogP contribution in [0, 0.1) is 13.8 Å². The Hall–Kier alpha value is -1.51. The average molecular weight is 304 g/mol. The van der Waals surface area contributed by atoms with E-state index < -0.39 is 0 Å². The Morgan fingerprint density at radius 1 is 1.10 bits per heavy atom. The Morgan fingerprint density at radius 3 is 2.48 bits per heavy atom. The Labute approximate surface area is 132 Å². The van der Waals surface area contributed by atoms with E-state index in [9.17, 15) is 0 Å². The van der Waals surface area contributed by atoms with Gasteiger partial charge in [-0.3, -0.25) is 0 Å². The molecule has 0 aliphatic rings. The summed E-state index contributed by atoms with van der Waals surface area (Å²) in [6.45, 7) is 7.92. The number of benzene rings is 2. The molecule has 0 bridgehead atoms. The molecule has 0 radical (unpaired) electrons. The second-order valence-corrected chi connectivity index (χ2v) is 5.60. The van der Waals surface area contributed by atoms with E-state index in [0.29, 0.717) is 6.61 Å². The summed E-state index contributed by atoms with van der Waals surface area (Å²) >= 11 is 5.89. The molecule has 0 saturated carbocycles. The van der Waals surface area contributed by atoms with Crippen molar-refractivity contribution < 1.29 is 4.74 Å². The zero-order valence-corrected chi connectivity index (χ0v) is 13.6. The van der Waals surface area contributed by atoms with Crippen LogP contribution in [0.15, 0.2) is 42.5 Å². The fourth-order valence-corrected chi connectivity index (χ4v) is 2.49. The number of rotatable bonds is 6. The van der Waals surface area contributed by atoms with Gasteiger partial charge in [-0.1, -0.05) is 36.7 Å². The SMILES string of the molecule is CCNC(COc1ccc(Cl)cc1)c1cccc(C)c1C. The van der Waals surface area contributed by atoms with Crippen molar-refractivity contribution in [2.75, 3.05) is 13.2 Å². The zero-order valence-electron chi connectivity index (χ0n) is 12.8. The number of likely N-dealkylation sites (N-methyl/N-ethyl adjacent to an activating group) is 1. The monoisotopic (exact) mass is 303 g/mol. The molecule has 21 heavy (non-hydrogen) atoms. The van der Waals surface area contributed by atoms with E-state index in [1.54, 1.807) is 0 Å². The lowest BCUT2D eigenvalue weighted by atomic mass is 9.98. The number of halogens is 1. The Bertz CT molecular complexity index is 580. The highest BCUT2D eigenvalue weighted by molar-refractivity contribution is 6.30. The molecule has 0 saturated heterocycles. The summed E-state index contributed by atoms with van der Waals surface area (Å²) in [6.07, 6.45) is 0. The van der Waals surface area contributed by atoms with Crippen molar-refractivity contribution in [1.29, 1.82) is 0 Å². The largest absolute Gasteiger partial charge is 0.492 e. The third-order valence-corrected chi connectivity index (χ3v) is 3.95. The molecule has 0 aliphatic carbocycles. The van der Waals surface area contributed by atoms with Crippen LogP contribution in [0.4, 0.5) is 0 Å². The highest BCUT2D eigenvalue weighted by Gasteiger charge is 2.14. The molecule has 1 unspecified atom stereocenters. The quantitative estimate of drug-likeness (QED) is 0.836. The van der Waals surface area contributed by atoms with Crippen LogP contribution in [0.2, 0.25) is 5.02 Å². The standard InChI is InChI=1S/C18H22ClNO/c1-4-20-18(17-7-5-6-13(2)14(17)3)12-21-16-10-8-15(19)9-11-16/h5-11,18,20H,4,12H2,1-3H3. The van der Waals surface area contributed by atoms with Gasteiger partial charge in [-0.15, -0.1) is 0 Å². The van der Waals surface area contributed by atoms with E-state index in [4.69, 9.17) is 16.3 Å². The average Bonchev–Trinajstić information content (AvgIpc) is 2.48. The minimum Gasteiger partial charge on any atom is -0.492 e. The second kappa shape index (κ2) is 7.48. The van der Waals surface area contributed by atoms with Gasteiger partial charge in [0.1, 0.15) is 12.4 Å². The van der Waals surface area contributed by atoms with Crippen molar-refractivity contribution in [3.8, 4) is 5.75 Å². The minimum absolute atomic E-state index is 0.186. The normalized spacial score (nSPS) is 12.2. The summed E-state index contributed by atoms with van der Waals surface area (Å²) in [6, 6.07) is 14.1. The van der Waals surface area contributed by atoms with E-state index in [-0.39, 0.29) is 6.04 Å². The molecular formula is C18H22ClNO. The van der Waals surface area contributed by atoms with Crippen LogP contribution < -0.4 is 10.1 Å². The Morgan fingerprint density at radius 2 is 1.81 bits per heavy atom. The molecule has 0 spiro atoms. The maximum atomic E-state index is 5.90. The molecule has 2 aromatic rings. The molecule has 1 atom stereocenters. The highest BCUT2D eigenvalue weighted by Crippen LogP contribution is 2.22. The van der Waals surface area contributed by atoms with Gasteiger partial charge in [-0.2, -0.15) is 0 Å². The lowest BCUT2D eigenvalue weighted by Gasteiger charge is -2.21. The van der Waals surface area contributed by atoms with Gasteiger partial charge in [0, 0.05) is 5.02 Å². The molecule has 0 aromatic heterocycles. The second-order valence-electron chi connectivity index (χ2n) is 5.16. The molecule has 0 fully saturated rings. The van der Waals surface area contributed by atoms with Crippen molar-refractivity contribution in [3.63, 3.8) is 0 Å². The highest BCUT2D eigenvalue weighted by atomic mass is 35.5. The van der Waals surface area contributed by atoms with Crippen LogP contribution >= 0.6 is 11.6 Å². The van der Waals surface area contributed by atoms with Gasteiger partial charge < -0.3 is 10.1 Å². The number of ether oxygens (including phenoxy) is 1. The van der Waals surface area contributed by atoms with E-state index in [0.717, 1.165) is 17.3 Å². The molecule has 0 heterocycles. The van der Waals surface area contributed by atoms with E-state index >= 15 is 0 Å². The molecule has 1 N–H and O–H groups in total. The predicted octanol–water partition coefficient (Wildman–Crippen LogP) is 4.69. The van der Waals surface area contributed by atoms with Crippen molar-refractivity contribution >= 4 is 11.6 Å². The molecule has 2 aromatic carbocycles. The number of hydrogen-bond acceptors (Lipinski definition) is 2.